The van der Waals surface area contributed by atoms with Crippen molar-refractivity contribution in [2.45, 2.75) is 19.3 Å². The summed E-state index contributed by atoms with van der Waals surface area (Å²) in [5, 5.41) is 8.78. The highest BCUT2D eigenvalue weighted by atomic mass is 16.2. The minimum atomic E-state index is 0.254. The van der Waals surface area contributed by atoms with Gasteiger partial charge in [-0.25, -0.2) is 0 Å². The molecular formula is C23H31N5O. The molecule has 1 aromatic carbocycles. The van der Waals surface area contributed by atoms with E-state index >= 15 is 0 Å². The molecule has 154 valence electrons. The van der Waals surface area contributed by atoms with Crippen LogP contribution in [0.25, 0.3) is 10.9 Å². The lowest BCUT2D eigenvalue weighted by molar-refractivity contribution is -0.134. The maximum atomic E-state index is 13.1. The topological polar surface area (TPSA) is 63.5 Å². The van der Waals surface area contributed by atoms with E-state index in [9.17, 15) is 4.79 Å². The van der Waals surface area contributed by atoms with E-state index in [2.05, 4.69) is 45.8 Å². The van der Waals surface area contributed by atoms with Gasteiger partial charge in [-0.1, -0.05) is 25.1 Å². The molecule has 2 aromatic rings. The molecule has 0 unspecified atom stereocenters. The fraction of sp³-hybridized carbons (Fsp3) is 0.522. The fourth-order valence-corrected chi connectivity index (χ4v) is 4.77. The number of fused-ring (bicyclic) bond motifs is 1. The van der Waals surface area contributed by atoms with Crippen LogP contribution < -0.4 is 0 Å². The van der Waals surface area contributed by atoms with Crippen molar-refractivity contribution in [3.63, 3.8) is 0 Å². The van der Waals surface area contributed by atoms with Crippen LogP contribution in [0.1, 0.15) is 30.4 Å². The van der Waals surface area contributed by atoms with Gasteiger partial charge in [-0.05, 0) is 31.0 Å². The first-order valence-corrected chi connectivity index (χ1v) is 10.6. The van der Waals surface area contributed by atoms with E-state index in [0.717, 1.165) is 62.2 Å². The molecule has 1 amide bonds. The largest absolute Gasteiger partial charge is 0.341 e. The molecule has 0 spiro atoms. The van der Waals surface area contributed by atoms with E-state index in [4.69, 9.17) is 5.41 Å². The molecule has 0 aliphatic carbocycles. The summed E-state index contributed by atoms with van der Waals surface area (Å²) >= 11 is 0. The summed E-state index contributed by atoms with van der Waals surface area (Å²) in [7, 11) is 2.14. The van der Waals surface area contributed by atoms with E-state index in [1.54, 1.807) is 6.20 Å². The fourth-order valence-electron chi connectivity index (χ4n) is 4.77. The van der Waals surface area contributed by atoms with Crippen LogP contribution in [0.4, 0.5) is 0 Å². The summed E-state index contributed by atoms with van der Waals surface area (Å²) in [6.07, 6.45) is 4.23. The number of amides is 1. The number of nitrogens with zero attached hydrogens (tertiary/aromatic N) is 4. The lowest BCUT2D eigenvalue weighted by Gasteiger charge is -2.39. The third kappa shape index (κ3) is 4.33. The molecule has 3 heterocycles. The van der Waals surface area contributed by atoms with Gasteiger partial charge in [0.05, 0.1) is 12.1 Å². The standard InChI is InChI=1S/C23H31N5O/c1-17-12-19(20-6-5-18(13-24)23-21(20)4-3-7-25-23)15-28(14-17)22(29)16-27-10-8-26(2)9-11-27/h3-7,13,17,19,24H,8-12,14-16H2,1-2H3/t17-,19-/m1/s1. The third-order valence-corrected chi connectivity index (χ3v) is 6.40. The quantitative estimate of drug-likeness (QED) is 0.811. The number of piperidine rings is 1. The van der Waals surface area contributed by atoms with Crippen LogP contribution in [-0.4, -0.2) is 84.7 Å². The maximum absolute atomic E-state index is 13.1. The molecule has 2 aliphatic heterocycles. The molecule has 1 aromatic heterocycles. The second-order valence-electron chi connectivity index (χ2n) is 8.70. The molecule has 2 atom stereocenters. The van der Waals surface area contributed by atoms with E-state index in [-0.39, 0.29) is 5.91 Å². The van der Waals surface area contributed by atoms with Crippen LogP contribution in [0.2, 0.25) is 0 Å². The molecule has 4 rings (SSSR count). The van der Waals surface area contributed by atoms with E-state index < -0.39 is 0 Å². The number of piperazine rings is 1. The highest BCUT2D eigenvalue weighted by Gasteiger charge is 2.31. The molecule has 6 heteroatoms. The van der Waals surface area contributed by atoms with Gasteiger partial charge >= 0.3 is 0 Å². The van der Waals surface area contributed by atoms with Gasteiger partial charge in [0.1, 0.15) is 0 Å². The van der Waals surface area contributed by atoms with E-state index in [0.29, 0.717) is 18.4 Å². The zero-order chi connectivity index (χ0) is 20.4. The first-order chi connectivity index (χ1) is 14.0. The lowest BCUT2D eigenvalue weighted by Crippen LogP contribution is -2.51. The number of carbonyl (C=O) groups excluding carboxylic acids is 1. The Kier molecular flexibility index (Phi) is 5.92. The minimum Gasteiger partial charge on any atom is -0.341 e. The normalized spacial score (nSPS) is 24.0. The average molecular weight is 394 g/mol. The molecule has 1 N–H and O–H groups in total. The van der Waals surface area contributed by atoms with Crippen LogP contribution >= 0.6 is 0 Å². The molecule has 0 saturated carbocycles. The number of hydrogen-bond donors (Lipinski definition) is 1. The molecule has 2 fully saturated rings. The highest BCUT2D eigenvalue weighted by Crippen LogP contribution is 2.34. The van der Waals surface area contributed by atoms with Crippen LogP contribution in [-0.2, 0) is 4.79 Å². The average Bonchev–Trinajstić information content (AvgIpc) is 2.74. The van der Waals surface area contributed by atoms with Crippen molar-refractivity contribution in [1.29, 1.82) is 5.41 Å². The first kappa shape index (κ1) is 20.0. The SMILES string of the molecule is C[C@@H]1C[C@@H](c2ccc(C=N)c3ncccc23)CN(C(=O)CN2CCN(C)CC2)C1. The van der Waals surface area contributed by atoms with Gasteiger partial charge in [0.2, 0.25) is 5.91 Å². The van der Waals surface area contributed by atoms with Gasteiger partial charge in [0, 0.05) is 68.5 Å². The van der Waals surface area contributed by atoms with Crippen molar-refractivity contribution >= 4 is 23.0 Å². The number of likely N-dealkylation sites (N-methyl/N-ethyl adjacent to an activating group) is 1. The summed E-state index contributed by atoms with van der Waals surface area (Å²) in [4.78, 5) is 24.3. The number of benzene rings is 1. The Morgan fingerprint density at radius 2 is 2.00 bits per heavy atom. The van der Waals surface area contributed by atoms with Crippen molar-refractivity contribution in [3.05, 3.63) is 41.6 Å². The van der Waals surface area contributed by atoms with Crippen LogP contribution in [0.3, 0.4) is 0 Å². The highest BCUT2D eigenvalue weighted by molar-refractivity contribution is 5.98. The summed E-state index contributed by atoms with van der Waals surface area (Å²) in [6.45, 7) is 8.39. The molecule has 2 saturated heterocycles. The second kappa shape index (κ2) is 8.59. The van der Waals surface area contributed by atoms with Crippen molar-refractivity contribution < 1.29 is 4.79 Å². The van der Waals surface area contributed by atoms with Crippen LogP contribution in [0.5, 0.6) is 0 Å². The van der Waals surface area contributed by atoms with Gasteiger partial charge in [0.15, 0.2) is 0 Å². The number of carbonyl (C=O) groups is 1. The number of aromatic nitrogens is 1. The van der Waals surface area contributed by atoms with Crippen molar-refractivity contribution in [1.82, 2.24) is 19.7 Å². The van der Waals surface area contributed by atoms with Gasteiger partial charge < -0.3 is 15.2 Å². The predicted molar refractivity (Wildman–Crippen MR) is 117 cm³/mol. The molecule has 6 nitrogen and oxygen atoms in total. The van der Waals surface area contributed by atoms with Crippen LogP contribution in [0, 0.1) is 11.3 Å². The Balaban J connectivity index is 1.53. The van der Waals surface area contributed by atoms with Gasteiger partial charge in [0.25, 0.3) is 0 Å². The van der Waals surface area contributed by atoms with Crippen molar-refractivity contribution in [2.75, 3.05) is 52.9 Å². The maximum Gasteiger partial charge on any atom is 0.236 e. The molecule has 0 bridgehead atoms. The Bertz CT molecular complexity index is 890. The van der Waals surface area contributed by atoms with E-state index in [1.807, 2.05) is 12.1 Å². The predicted octanol–water partition coefficient (Wildman–Crippen LogP) is 2.43. The zero-order valence-corrected chi connectivity index (χ0v) is 17.5. The Morgan fingerprint density at radius 1 is 1.21 bits per heavy atom. The monoisotopic (exact) mass is 393 g/mol. The number of nitrogens with one attached hydrogen (secondary N) is 1. The summed E-state index contributed by atoms with van der Waals surface area (Å²) in [5.74, 6) is 1.03. The van der Waals surface area contributed by atoms with Gasteiger partial charge in [-0.3, -0.25) is 14.7 Å². The number of hydrogen-bond acceptors (Lipinski definition) is 5. The minimum absolute atomic E-state index is 0.254. The molecule has 2 aliphatic rings. The molecule has 0 radical (unpaired) electrons. The summed E-state index contributed by atoms with van der Waals surface area (Å²) in [5.41, 5.74) is 2.98. The third-order valence-electron chi connectivity index (χ3n) is 6.40. The number of rotatable bonds is 4. The summed E-state index contributed by atoms with van der Waals surface area (Å²) in [6, 6.07) is 8.19. The van der Waals surface area contributed by atoms with Gasteiger partial charge in [-0.2, -0.15) is 0 Å². The zero-order valence-electron chi connectivity index (χ0n) is 17.5. The Morgan fingerprint density at radius 3 is 2.76 bits per heavy atom. The van der Waals surface area contributed by atoms with Crippen LogP contribution in [0.15, 0.2) is 30.5 Å². The Labute approximate surface area is 173 Å². The summed E-state index contributed by atoms with van der Waals surface area (Å²) < 4.78 is 0. The Hall–Kier alpha value is -2.31. The second-order valence-corrected chi connectivity index (χ2v) is 8.70. The number of likely N-dealkylation sites (tertiary alicyclic amines) is 1. The van der Waals surface area contributed by atoms with Crippen molar-refractivity contribution in [2.24, 2.45) is 5.92 Å². The molecular weight excluding hydrogens is 362 g/mol. The van der Waals surface area contributed by atoms with E-state index in [1.165, 1.54) is 11.8 Å². The van der Waals surface area contributed by atoms with Gasteiger partial charge in [-0.15, -0.1) is 0 Å². The lowest BCUT2D eigenvalue weighted by atomic mass is 9.83. The molecule has 29 heavy (non-hydrogen) atoms. The smallest absolute Gasteiger partial charge is 0.236 e. The first-order valence-electron chi connectivity index (χ1n) is 10.6. The van der Waals surface area contributed by atoms with Crippen molar-refractivity contribution in [3.8, 4) is 0 Å². The number of pyridine rings is 1.